The van der Waals surface area contributed by atoms with Crippen LogP contribution in [0.1, 0.15) is 18.4 Å². The lowest BCUT2D eigenvalue weighted by Gasteiger charge is -2.37. The van der Waals surface area contributed by atoms with E-state index in [1.165, 1.54) is 18.2 Å². The van der Waals surface area contributed by atoms with E-state index in [2.05, 4.69) is 0 Å². The Morgan fingerprint density at radius 3 is 2.27 bits per heavy atom. The molecule has 0 aliphatic carbocycles. The van der Waals surface area contributed by atoms with Crippen LogP contribution in [0.15, 0.2) is 48.5 Å². The molecule has 1 heterocycles. The Kier molecular flexibility index (Phi) is 5.16. The van der Waals surface area contributed by atoms with Gasteiger partial charge in [-0.1, -0.05) is 24.3 Å². The zero-order valence-electron chi connectivity index (χ0n) is 14.5. The van der Waals surface area contributed by atoms with Crippen LogP contribution in [0.3, 0.4) is 0 Å². The van der Waals surface area contributed by atoms with Gasteiger partial charge in [0.2, 0.25) is 5.91 Å². The molecule has 0 saturated carbocycles. The fourth-order valence-corrected chi connectivity index (χ4v) is 3.18. The first-order valence-electron chi connectivity index (χ1n) is 8.50. The normalized spacial score (nSPS) is 15.6. The predicted molar refractivity (Wildman–Crippen MR) is 96.7 cm³/mol. The monoisotopic (exact) mass is 357 g/mol. The average Bonchev–Trinajstić information content (AvgIpc) is 2.67. The molecule has 2 aromatic rings. The minimum absolute atomic E-state index is 0.00639. The minimum Gasteiger partial charge on any atom is -0.366 e. The third-order valence-electron chi connectivity index (χ3n) is 4.76. The number of piperazine rings is 1. The Morgan fingerprint density at radius 2 is 1.69 bits per heavy atom. The number of carbonyl (C=O) groups excluding carboxylic acids is 1. The van der Waals surface area contributed by atoms with Crippen LogP contribution in [0, 0.1) is 15.9 Å². The van der Waals surface area contributed by atoms with Crippen molar-refractivity contribution in [1.82, 2.24) is 4.90 Å². The summed E-state index contributed by atoms with van der Waals surface area (Å²) in [6.45, 7) is 3.97. The van der Waals surface area contributed by atoms with E-state index in [0.717, 1.165) is 5.56 Å². The molecule has 6 nitrogen and oxygen atoms in total. The van der Waals surface area contributed by atoms with Crippen molar-refractivity contribution in [3.05, 3.63) is 70.0 Å². The lowest BCUT2D eigenvalue weighted by molar-refractivity contribution is -0.384. The molecule has 1 aliphatic rings. The van der Waals surface area contributed by atoms with Crippen molar-refractivity contribution in [3.63, 3.8) is 0 Å². The third-order valence-corrected chi connectivity index (χ3v) is 4.76. The Bertz CT molecular complexity index is 802. The van der Waals surface area contributed by atoms with Gasteiger partial charge in [-0.3, -0.25) is 14.9 Å². The summed E-state index contributed by atoms with van der Waals surface area (Å²) in [4.78, 5) is 26.7. The van der Waals surface area contributed by atoms with E-state index in [4.69, 9.17) is 0 Å². The highest BCUT2D eigenvalue weighted by atomic mass is 19.1. The Balaban J connectivity index is 1.62. The van der Waals surface area contributed by atoms with Gasteiger partial charge in [0.05, 0.1) is 16.5 Å². The topological polar surface area (TPSA) is 66.7 Å². The summed E-state index contributed by atoms with van der Waals surface area (Å²) in [5.74, 6) is -0.658. The molecular formula is C19H20FN3O3. The number of benzene rings is 2. The zero-order valence-corrected chi connectivity index (χ0v) is 14.5. The number of anilines is 1. The zero-order chi connectivity index (χ0) is 18.7. The number of para-hydroxylation sites is 1. The molecule has 3 rings (SSSR count). The number of nitro benzene ring substituents is 1. The molecular weight excluding hydrogens is 337 g/mol. The van der Waals surface area contributed by atoms with Gasteiger partial charge < -0.3 is 9.80 Å². The second-order valence-electron chi connectivity index (χ2n) is 6.33. The maximum absolute atomic E-state index is 13.9. The van der Waals surface area contributed by atoms with E-state index in [1.54, 1.807) is 42.2 Å². The molecule has 0 spiro atoms. The first kappa shape index (κ1) is 17.8. The number of amides is 1. The molecule has 1 aliphatic heterocycles. The largest absolute Gasteiger partial charge is 0.366 e. The average molecular weight is 357 g/mol. The molecule has 7 heteroatoms. The number of hydrogen-bond acceptors (Lipinski definition) is 4. The standard InChI is InChI=1S/C19H20FN3O3/c1-14(15-6-8-16(9-7-15)23(25)26)19(24)22-12-10-21(11-13-22)18-5-3-2-4-17(18)20/h2-9,14H,10-13H2,1H3. The van der Waals surface area contributed by atoms with E-state index >= 15 is 0 Å². The van der Waals surface area contributed by atoms with Crippen molar-refractivity contribution >= 4 is 17.3 Å². The number of rotatable bonds is 4. The van der Waals surface area contributed by atoms with Crippen molar-refractivity contribution in [2.75, 3.05) is 31.1 Å². The Labute approximate surface area is 151 Å². The summed E-state index contributed by atoms with van der Waals surface area (Å²) >= 11 is 0. The van der Waals surface area contributed by atoms with Gasteiger partial charge in [-0.2, -0.15) is 0 Å². The van der Waals surface area contributed by atoms with Gasteiger partial charge in [-0.15, -0.1) is 0 Å². The summed E-state index contributed by atoms with van der Waals surface area (Å²) in [6, 6.07) is 12.7. The molecule has 2 aromatic carbocycles. The number of non-ortho nitro benzene ring substituents is 1. The molecule has 0 aromatic heterocycles. The summed E-state index contributed by atoms with van der Waals surface area (Å²) < 4.78 is 13.9. The van der Waals surface area contributed by atoms with E-state index in [0.29, 0.717) is 31.9 Å². The maximum atomic E-state index is 13.9. The fraction of sp³-hybridized carbons (Fsp3) is 0.316. The van der Waals surface area contributed by atoms with Crippen LogP contribution in [-0.2, 0) is 4.79 Å². The Hall–Kier alpha value is -2.96. The van der Waals surface area contributed by atoms with Crippen LogP contribution in [0.5, 0.6) is 0 Å². The van der Waals surface area contributed by atoms with Gasteiger partial charge in [-0.05, 0) is 24.6 Å². The first-order chi connectivity index (χ1) is 12.5. The fourth-order valence-electron chi connectivity index (χ4n) is 3.18. The third kappa shape index (κ3) is 3.66. The molecule has 1 saturated heterocycles. The quantitative estimate of drug-likeness (QED) is 0.623. The highest BCUT2D eigenvalue weighted by Gasteiger charge is 2.26. The first-order valence-corrected chi connectivity index (χ1v) is 8.50. The lowest BCUT2D eigenvalue weighted by atomic mass is 9.99. The van der Waals surface area contributed by atoms with E-state index in [1.807, 2.05) is 4.90 Å². The van der Waals surface area contributed by atoms with Crippen molar-refractivity contribution in [1.29, 1.82) is 0 Å². The van der Waals surface area contributed by atoms with Crippen LogP contribution in [-0.4, -0.2) is 41.9 Å². The van der Waals surface area contributed by atoms with Crippen LogP contribution >= 0.6 is 0 Å². The highest BCUT2D eigenvalue weighted by molar-refractivity contribution is 5.83. The van der Waals surface area contributed by atoms with Gasteiger partial charge in [0, 0.05) is 38.3 Å². The summed E-state index contributed by atoms with van der Waals surface area (Å²) in [5.41, 5.74) is 1.31. The van der Waals surface area contributed by atoms with Crippen LogP contribution < -0.4 is 4.90 Å². The summed E-state index contributed by atoms with van der Waals surface area (Å²) in [5, 5.41) is 10.7. The molecule has 1 fully saturated rings. The van der Waals surface area contributed by atoms with Gasteiger partial charge in [-0.25, -0.2) is 4.39 Å². The Morgan fingerprint density at radius 1 is 1.08 bits per heavy atom. The van der Waals surface area contributed by atoms with Crippen molar-refractivity contribution < 1.29 is 14.1 Å². The molecule has 1 unspecified atom stereocenters. The lowest BCUT2D eigenvalue weighted by Crippen LogP contribution is -2.50. The van der Waals surface area contributed by atoms with Crippen molar-refractivity contribution in [3.8, 4) is 0 Å². The molecule has 136 valence electrons. The van der Waals surface area contributed by atoms with Crippen LogP contribution in [0.25, 0.3) is 0 Å². The molecule has 1 atom stereocenters. The second-order valence-corrected chi connectivity index (χ2v) is 6.33. The number of halogens is 1. The van der Waals surface area contributed by atoms with Crippen LogP contribution in [0.2, 0.25) is 0 Å². The maximum Gasteiger partial charge on any atom is 0.269 e. The summed E-state index contributed by atoms with van der Waals surface area (Å²) in [7, 11) is 0. The number of carbonyl (C=O) groups is 1. The number of nitrogens with zero attached hydrogens (tertiary/aromatic N) is 3. The van der Waals surface area contributed by atoms with Gasteiger partial charge >= 0.3 is 0 Å². The number of nitro groups is 1. The molecule has 0 N–H and O–H groups in total. The summed E-state index contributed by atoms with van der Waals surface area (Å²) in [6.07, 6.45) is 0. The van der Waals surface area contributed by atoms with Gasteiger partial charge in [0.15, 0.2) is 0 Å². The van der Waals surface area contributed by atoms with Gasteiger partial charge in [0.25, 0.3) is 5.69 Å². The molecule has 0 bridgehead atoms. The predicted octanol–water partition coefficient (Wildman–Crippen LogP) is 3.19. The molecule has 26 heavy (non-hydrogen) atoms. The number of hydrogen-bond donors (Lipinski definition) is 0. The smallest absolute Gasteiger partial charge is 0.269 e. The van der Waals surface area contributed by atoms with E-state index in [-0.39, 0.29) is 23.3 Å². The minimum atomic E-state index is -0.460. The van der Waals surface area contributed by atoms with Crippen molar-refractivity contribution in [2.45, 2.75) is 12.8 Å². The van der Waals surface area contributed by atoms with E-state index < -0.39 is 4.92 Å². The SMILES string of the molecule is CC(C(=O)N1CCN(c2ccccc2F)CC1)c1ccc([N+](=O)[O-])cc1. The highest BCUT2D eigenvalue weighted by Crippen LogP contribution is 2.24. The van der Waals surface area contributed by atoms with E-state index in [9.17, 15) is 19.3 Å². The van der Waals surface area contributed by atoms with Crippen molar-refractivity contribution in [2.24, 2.45) is 0 Å². The molecule has 0 radical (unpaired) electrons. The van der Waals surface area contributed by atoms with Crippen LogP contribution in [0.4, 0.5) is 15.8 Å². The molecule has 1 amide bonds. The second kappa shape index (κ2) is 7.51. The van der Waals surface area contributed by atoms with Gasteiger partial charge in [0.1, 0.15) is 5.82 Å².